The number of anilines is 1. The molecule has 2 aromatic heterocycles. The number of nitrogens with two attached hydrogens (primary N) is 2. The van der Waals surface area contributed by atoms with E-state index in [0.29, 0.717) is 11.6 Å². The van der Waals surface area contributed by atoms with Crippen molar-refractivity contribution in [2.45, 2.75) is 11.8 Å². The number of alkyl halides is 3. The molecule has 0 bridgehead atoms. The van der Waals surface area contributed by atoms with Gasteiger partial charge in [0.25, 0.3) is 5.91 Å². The molecule has 26 heavy (non-hydrogen) atoms. The molecule has 0 spiro atoms. The van der Waals surface area contributed by atoms with Crippen LogP contribution in [-0.4, -0.2) is 26.7 Å². The molecule has 1 aromatic carbocycles. The maximum atomic E-state index is 13.6. The van der Waals surface area contributed by atoms with Crippen LogP contribution in [0.2, 0.25) is 0 Å². The van der Waals surface area contributed by atoms with Gasteiger partial charge in [-0.05, 0) is 18.2 Å². The Morgan fingerprint density at radius 2 is 1.96 bits per heavy atom. The van der Waals surface area contributed by atoms with E-state index in [-0.39, 0.29) is 11.3 Å². The molecule has 0 saturated carbocycles. The summed E-state index contributed by atoms with van der Waals surface area (Å²) in [6.45, 7) is 0. The van der Waals surface area contributed by atoms with Crippen molar-refractivity contribution in [1.29, 1.82) is 0 Å². The predicted octanol–water partition coefficient (Wildman–Crippen LogP) is 1.55. The summed E-state index contributed by atoms with van der Waals surface area (Å²) >= 11 is 0. The van der Waals surface area contributed by atoms with Crippen LogP contribution in [0.3, 0.4) is 0 Å². The number of halogens is 4. The smallest absolute Gasteiger partial charge is 0.396 e. The van der Waals surface area contributed by atoms with Crippen LogP contribution in [0, 0.1) is 5.82 Å². The summed E-state index contributed by atoms with van der Waals surface area (Å²) in [6.07, 6.45) is -1.32. The SMILES string of the molecule is Nc1ccc(C(N)(NC(=O)c2cc3cncnn3c2)C(F)(F)F)cc1F. The number of nitrogens with zero attached hydrogens (tertiary/aromatic N) is 3. The van der Waals surface area contributed by atoms with Crippen molar-refractivity contribution >= 4 is 17.1 Å². The molecule has 1 atom stereocenters. The molecule has 0 radical (unpaired) electrons. The lowest BCUT2D eigenvalue weighted by atomic mass is 9.98. The lowest BCUT2D eigenvalue weighted by Crippen LogP contribution is -2.62. The molecule has 0 aliphatic heterocycles. The Morgan fingerprint density at radius 1 is 1.23 bits per heavy atom. The van der Waals surface area contributed by atoms with E-state index in [9.17, 15) is 22.4 Å². The van der Waals surface area contributed by atoms with E-state index >= 15 is 0 Å². The number of hydrogen-bond acceptors (Lipinski definition) is 5. The normalized spacial score (nSPS) is 14.2. The first-order valence-electron chi connectivity index (χ1n) is 7.14. The summed E-state index contributed by atoms with van der Waals surface area (Å²) in [6, 6.07) is 3.65. The van der Waals surface area contributed by atoms with Crippen molar-refractivity contribution < 1.29 is 22.4 Å². The molecule has 2 heterocycles. The predicted molar refractivity (Wildman–Crippen MR) is 83.2 cm³/mol. The minimum absolute atomic E-state index is 0.125. The van der Waals surface area contributed by atoms with Crippen molar-refractivity contribution in [3.05, 3.63) is 59.9 Å². The zero-order valence-corrected chi connectivity index (χ0v) is 13.0. The fraction of sp³-hybridized carbons (Fsp3) is 0.133. The number of benzene rings is 1. The van der Waals surface area contributed by atoms with Crippen LogP contribution in [0.25, 0.3) is 5.52 Å². The minimum atomic E-state index is -5.11. The van der Waals surface area contributed by atoms with Gasteiger partial charge in [0.1, 0.15) is 12.1 Å². The highest BCUT2D eigenvalue weighted by molar-refractivity contribution is 5.96. The number of aromatic nitrogens is 3. The number of fused-ring (bicyclic) bond motifs is 1. The number of carbonyl (C=O) groups excluding carboxylic acids is 1. The molecule has 0 aliphatic rings. The summed E-state index contributed by atoms with van der Waals surface area (Å²) in [5.74, 6) is -2.20. The summed E-state index contributed by atoms with van der Waals surface area (Å²) in [7, 11) is 0. The molecule has 136 valence electrons. The van der Waals surface area contributed by atoms with Crippen LogP contribution in [0.5, 0.6) is 0 Å². The molecule has 0 aliphatic carbocycles. The van der Waals surface area contributed by atoms with Crippen molar-refractivity contribution in [3.63, 3.8) is 0 Å². The Bertz CT molecular complexity index is 953. The molecule has 1 unspecified atom stereocenters. The fourth-order valence-electron chi connectivity index (χ4n) is 2.32. The molecule has 11 heteroatoms. The zero-order valence-electron chi connectivity index (χ0n) is 13.0. The minimum Gasteiger partial charge on any atom is -0.396 e. The quantitative estimate of drug-likeness (QED) is 0.369. The first kappa shape index (κ1) is 17.6. The van der Waals surface area contributed by atoms with E-state index < -0.39 is 29.1 Å². The van der Waals surface area contributed by atoms with Crippen molar-refractivity contribution in [2.75, 3.05) is 5.73 Å². The highest BCUT2D eigenvalue weighted by Gasteiger charge is 2.55. The topological polar surface area (TPSA) is 111 Å². The van der Waals surface area contributed by atoms with Gasteiger partial charge in [-0.25, -0.2) is 13.9 Å². The molecule has 0 fully saturated rings. The number of carbonyl (C=O) groups is 1. The van der Waals surface area contributed by atoms with Crippen LogP contribution in [-0.2, 0) is 5.66 Å². The first-order chi connectivity index (χ1) is 12.1. The fourth-order valence-corrected chi connectivity index (χ4v) is 2.32. The number of nitrogens with one attached hydrogen (secondary N) is 1. The van der Waals surface area contributed by atoms with Crippen LogP contribution < -0.4 is 16.8 Å². The Morgan fingerprint density at radius 3 is 2.58 bits per heavy atom. The molecule has 3 aromatic rings. The van der Waals surface area contributed by atoms with Crippen LogP contribution in [0.4, 0.5) is 23.2 Å². The largest absolute Gasteiger partial charge is 0.429 e. The second kappa shape index (κ2) is 5.95. The number of rotatable bonds is 3. The van der Waals surface area contributed by atoms with Crippen molar-refractivity contribution in [2.24, 2.45) is 5.73 Å². The number of nitrogen functional groups attached to an aromatic ring is 1. The second-order valence-corrected chi connectivity index (χ2v) is 5.50. The van der Waals surface area contributed by atoms with Gasteiger partial charge in [-0.2, -0.15) is 18.3 Å². The number of amides is 1. The average Bonchev–Trinajstić information content (AvgIpc) is 3.00. The van der Waals surface area contributed by atoms with Gasteiger partial charge in [0.15, 0.2) is 0 Å². The third-order valence-corrected chi connectivity index (χ3v) is 3.75. The zero-order chi connectivity index (χ0) is 19.1. The molecular weight excluding hydrogens is 356 g/mol. The van der Waals surface area contributed by atoms with Crippen LogP contribution in [0.15, 0.2) is 43.0 Å². The van der Waals surface area contributed by atoms with Crippen LogP contribution in [0.1, 0.15) is 15.9 Å². The third kappa shape index (κ3) is 2.92. The molecule has 5 N–H and O–H groups in total. The van der Waals surface area contributed by atoms with Gasteiger partial charge in [0.2, 0.25) is 5.66 Å². The molecule has 1 amide bonds. The van der Waals surface area contributed by atoms with Crippen molar-refractivity contribution in [1.82, 2.24) is 19.9 Å². The molecular formula is C15H12F4N6O. The van der Waals surface area contributed by atoms with E-state index in [1.165, 1.54) is 29.3 Å². The van der Waals surface area contributed by atoms with Crippen LogP contribution >= 0.6 is 0 Å². The van der Waals surface area contributed by atoms with Gasteiger partial charge < -0.3 is 11.1 Å². The molecule has 0 saturated heterocycles. The Hall–Kier alpha value is -3.21. The Kier molecular flexibility index (Phi) is 4.03. The Labute approximate surface area is 143 Å². The maximum Gasteiger partial charge on any atom is 0.429 e. The van der Waals surface area contributed by atoms with Gasteiger partial charge in [0, 0.05) is 11.8 Å². The van der Waals surface area contributed by atoms with E-state index in [2.05, 4.69) is 10.1 Å². The Balaban J connectivity index is 2.00. The summed E-state index contributed by atoms with van der Waals surface area (Å²) in [5.41, 5.74) is 6.63. The molecule has 3 rings (SSSR count). The van der Waals surface area contributed by atoms with Gasteiger partial charge in [-0.1, -0.05) is 6.07 Å². The van der Waals surface area contributed by atoms with E-state index in [1.807, 2.05) is 0 Å². The summed E-state index contributed by atoms with van der Waals surface area (Å²) in [4.78, 5) is 16.1. The van der Waals surface area contributed by atoms with Gasteiger partial charge in [-0.3, -0.25) is 10.5 Å². The monoisotopic (exact) mass is 368 g/mol. The third-order valence-electron chi connectivity index (χ3n) is 3.75. The summed E-state index contributed by atoms with van der Waals surface area (Å²) < 4.78 is 55.6. The molecule has 7 nitrogen and oxygen atoms in total. The van der Waals surface area contributed by atoms with Gasteiger partial charge in [-0.15, -0.1) is 0 Å². The van der Waals surface area contributed by atoms with E-state index in [0.717, 1.165) is 12.1 Å². The highest BCUT2D eigenvalue weighted by Crippen LogP contribution is 2.35. The van der Waals surface area contributed by atoms with Crippen molar-refractivity contribution in [3.8, 4) is 0 Å². The lowest BCUT2D eigenvalue weighted by molar-refractivity contribution is -0.196. The maximum absolute atomic E-state index is 13.6. The lowest BCUT2D eigenvalue weighted by Gasteiger charge is -2.33. The number of hydrogen-bond donors (Lipinski definition) is 3. The van der Waals surface area contributed by atoms with Gasteiger partial charge in [0.05, 0.1) is 23.0 Å². The highest BCUT2D eigenvalue weighted by atomic mass is 19.4. The summed E-state index contributed by atoms with van der Waals surface area (Å²) in [5, 5.41) is 5.54. The first-order valence-corrected chi connectivity index (χ1v) is 7.14. The standard InChI is InChI=1S/C15H12F4N6O/c16-11-4-9(1-2-12(11)20)14(21,15(17,18)19)24-13(26)8-3-10-5-22-7-23-25(10)6-8/h1-7H,20-21H2,(H,24,26). The van der Waals surface area contributed by atoms with E-state index in [4.69, 9.17) is 11.5 Å². The second-order valence-electron chi connectivity index (χ2n) is 5.50. The average molecular weight is 368 g/mol. The van der Waals surface area contributed by atoms with Gasteiger partial charge >= 0.3 is 6.18 Å². The van der Waals surface area contributed by atoms with E-state index in [1.54, 1.807) is 5.32 Å².